The van der Waals surface area contributed by atoms with E-state index in [0.717, 1.165) is 12.1 Å². The van der Waals surface area contributed by atoms with Crippen molar-refractivity contribution in [3.05, 3.63) is 29.8 Å². The average molecular weight is 266 g/mol. The van der Waals surface area contributed by atoms with Crippen LogP contribution in [0, 0.1) is 11.7 Å². The molecule has 0 saturated carbocycles. The summed E-state index contributed by atoms with van der Waals surface area (Å²) in [5, 5.41) is 3.31. The van der Waals surface area contributed by atoms with Crippen molar-refractivity contribution in [2.24, 2.45) is 5.92 Å². The van der Waals surface area contributed by atoms with E-state index in [4.69, 9.17) is 4.74 Å². The summed E-state index contributed by atoms with van der Waals surface area (Å²) in [6.45, 7) is 8.44. The maximum absolute atomic E-state index is 13.0. The fraction of sp³-hybridized carbons (Fsp3) is 0.667. The molecular weight excluding hydrogens is 243 g/mol. The van der Waals surface area contributed by atoms with Crippen molar-refractivity contribution < 1.29 is 9.13 Å². The van der Waals surface area contributed by atoms with E-state index in [1.54, 1.807) is 6.07 Å². The highest BCUT2D eigenvalue weighted by molar-refractivity contribution is 5.14. The minimum Gasteiger partial charge on any atom is -0.369 e. The Labute approximate surface area is 114 Å². The summed E-state index contributed by atoms with van der Waals surface area (Å²) >= 11 is 0. The van der Waals surface area contributed by atoms with Crippen LogP contribution in [0.5, 0.6) is 0 Å². The van der Waals surface area contributed by atoms with Crippen LogP contribution in [0.3, 0.4) is 0 Å². The largest absolute Gasteiger partial charge is 0.369 e. The molecule has 3 nitrogen and oxygen atoms in total. The minimum atomic E-state index is -0.305. The molecule has 0 spiro atoms. The smallest absolute Gasteiger partial charge is 0.141 e. The summed E-state index contributed by atoms with van der Waals surface area (Å²) in [5.41, 5.74) is 0.500. The summed E-state index contributed by atoms with van der Waals surface area (Å²) in [6, 6.07) is 3.27. The van der Waals surface area contributed by atoms with Crippen LogP contribution >= 0.6 is 0 Å². The topological polar surface area (TPSA) is 34.2 Å². The van der Waals surface area contributed by atoms with Crippen molar-refractivity contribution >= 4 is 0 Å². The lowest BCUT2D eigenvalue weighted by Crippen LogP contribution is -2.37. The van der Waals surface area contributed by atoms with E-state index in [2.05, 4.69) is 38.0 Å². The van der Waals surface area contributed by atoms with Gasteiger partial charge in [0.15, 0.2) is 0 Å². The first kappa shape index (κ1) is 14.4. The van der Waals surface area contributed by atoms with E-state index in [1.165, 1.54) is 12.3 Å². The number of hydrogen-bond donors (Lipinski definition) is 1. The zero-order valence-corrected chi connectivity index (χ0v) is 12.3. The quantitative estimate of drug-likeness (QED) is 0.913. The van der Waals surface area contributed by atoms with E-state index in [9.17, 15) is 4.39 Å². The number of hydrogen-bond acceptors (Lipinski definition) is 3. The van der Waals surface area contributed by atoms with Crippen molar-refractivity contribution in [3.8, 4) is 0 Å². The Morgan fingerprint density at radius 2 is 2.05 bits per heavy atom. The highest BCUT2D eigenvalue weighted by atomic mass is 19.1. The van der Waals surface area contributed by atoms with E-state index in [1.807, 2.05) is 7.05 Å². The molecule has 1 N–H and O–H groups in total. The Bertz CT molecular complexity index is 442. The number of rotatable bonds is 3. The molecule has 0 aliphatic carbocycles. The summed E-state index contributed by atoms with van der Waals surface area (Å²) in [4.78, 5) is 4.21. The van der Waals surface area contributed by atoms with E-state index in [-0.39, 0.29) is 23.1 Å². The molecule has 0 bridgehead atoms. The Kier molecular flexibility index (Phi) is 3.67. The Morgan fingerprint density at radius 1 is 1.37 bits per heavy atom. The Hall–Kier alpha value is -1.00. The molecule has 0 amide bonds. The molecule has 1 aliphatic rings. The number of aromatic nitrogens is 1. The molecule has 19 heavy (non-hydrogen) atoms. The standard InChI is InChI=1S/C15H23FN2O/c1-14(2)8-11(15(3,4)19-14)13(17-5)12-7-6-10(16)9-18-12/h6-7,9,11,13,17H,8H2,1-5H3. The van der Waals surface area contributed by atoms with Gasteiger partial charge in [-0.05, 0) is 53.3 Å². The van der Waals surface area contributed by atoms with Gasteiger partial charge in [0.1, 0.15) is 5.82 Å². The second-order valence-electron chi connectivity index (χ2n) is 6.44. The highest BCUT2D eigenvalue weighted by Gasteiger charge is 2.49. The molecule has 4 heteroatoms. The van der Waals surface area contributed by atoms with Gasteiger partial charge >= 0.3 is 0 Å². The molecule has 106 valence electrons. The first-order valence-electron chi connectivity index (χ1n) is 6.74. The third-order valence-electron chi connectivity index (χ3n) is 3.93. The Morgan fingerprint density at radius 3 is 2.47 bits per heavy atom. The van der Waals surface area contributed by atoms with Crippen LogP contribution in [-0.4, -0.2) is 23.2 Å². The lowest BCUT2D eigenvalue weighted by atomic mass is 9.80. The number of nitrogens with one attached hydrogen (secondary N) is 1. The lowest BCUT2D eigenvalue weighted by molar-refractivity contribution is -0.0778. The molecule has 2 unspecified atom stereocenters. The zero-order chi connectivity index (χ0) is 14.3. The monoisotopic (exact) mass is 266 g/mol. The SMILES string of the molecule is CNC(c1ccc(F)cn1)C1CC(C)(C)OC1(C)C. The van der Waals surface area contributed by atoms with Crippen molar-refractivity contribution in [2.45, 2.75) is 51.4 Å². The van der Waals surface area contributed by atoms with E-state index < -0.39 is 0 Å². The van der Waals surface area contributed by atoms with Crippen LogP contribution in [0.1, 0.15) is 45.9 Å². The first-order valence-corrected chi connectivity index (χ1v) is 6.74. The molecular formula is C15H23FN2O. The first-order chi connectivity index (χ1) is 8.75. The summed E-state index contributed by atoms with van der Waals surface area (Å²) in [6.07, 6.45) is 2.22. The van der Waals surface area contributed by atoms with Gasteiger partial charge in [0.05, 0.1) is 29.1 Å². The molecule has 1 aliphatic heterocycles. The van der Waals surface area contributed by atoms with Gasteiger partial charge in [0.25, 0.3) is 0 Å². The second kappa shape index (κ2) is 4.84. The molecule has 0 radical (unpaired) electrons. The summed E-state index contributed by atoms with van der Waals surface area (Å²) in [7, 11) is 1.91. The van der Waals surface area contributed by atoms with E-state index in [0.29, 0.717) is 5.92 Å². The van der Waals surface area contributed by atoms with Crippen LogP contribution in [0.15, 0.2) is 18.3 Å². The molecule has 1 saturated heterocycles. The van der Waals surface area contributed by atoms with Gasteiger partial charge in [-0.2, -0.15) is 0 Å². The zero-order valence-electron chi connectivity index (χ0n) is 12.3. The molecule has 2 heterocycles. The van der Waals surface area contributed by atoms with Crippen LogP contribution in [0.25, 0.3) is 0 Å². The average Bonchev–Trinajstić information content (AvgIpc) is 2.51. The van der Waals surface area contributed by atoms with Crippen LogP contribution in [0.2, 0.25) is 0 Å². The third-order valence-corrected chi connectivity index (χ3v) is 3.93. The van der Waals surface area contributed by atoms with Gasteiger partial charge in [-0.1, -0.05) is 0 Å². The maximum Gasteiger partial charge on any atom is 0.141 e. The molecule has 1 aromatic heterocycles. The second-order valence-corrected chi connectivity index (χ2v) is 6.44. The molecule has 1 aromatic rings. The van der Waals surface area contributed by atoms with Gasteiger partial charge in [-0.3, -0.25) is 4.98 Å². The molecule has 1 fully saturated rings. The summed E-state index contributed by atoms with van der Waals surface area (Å²) in [5.74, 6) is -0.00803. The van der Waals surface area contributed by atoms with Crippen LogP contribution in [-0.2, 0) is 4.74 Å². The van der Waals surface area contributed by atoms with Crippen molar-refractivity contribution in [1.82, 2.24) is 10.3 Å². The summed E-state index contributed by atoms with van der Waals surface area (Å²) < 4.78 is 19.1. The fourth-order valence-corrected chi connectivity index (χ4v) is 3.25. The number of pyridine rings is 1. The molecule has 2 atom stereocenters. The van der Waals surface area contributed by atoms with Crippen LogP contribution < -0.4 is 5.32 Å². The minimum absolute atomic E-state index is 0.0670. The maximum atomic E-state index is 13.0. The fourth-order valence-electron chi connectivity index (χ4n) is 3.25. The number of ether oxygens (including phenoxy) is 1. The number of halogens is 1. The van der Waals surface area contributed by atoms with E-state index >= 15 is 0 Å². The van der Waals surface area contributed by atoms with Crippen LogP contribution in [0.4, 0.5) is 4.39 Å². The van der Waals surface area contributed by atoms with Gasteiger partial charge in [-0.25, -0.2) is 4.39 Å². The van der Waals surface area contributed by atoms with Gasteiger partial charge in [0.2, 0.25) is 0 Å². The van der Waals surface area contributed by atoms with Gasteiger partial charge < -0.3 is 10.1 Å². The highest BCUT2D eigenvalue weighted by Crippen LogP contribution is 2.47. The molecule has 2 rings (SSSR count). The number of nitrogens with zero attached hydrogens (tertiary/aromatic N) is 1. The van der Waals surface area contributed by atoms with Gasteiger partial charge in [-0.15, -0.1) is 0 Å². The van der Waals surface area contributed by atoms with Crippen molar-refractivity contribution in [1.29, 1.82) is 0 Å². The predicted molar refractivity (Wildman–Crippen MR) is 73.3 cm³/mol. The normalized spacial score (nSPS) is 26.3. The lowest BCUT2D eigenvalue weighted by Gasteiger charge is -2.32. The van der Waals surface area contributed by atoms with Crippen molar-refractivity contribution in [2.75, 3.05) is 7.05 Å². The van der Waals surface area contributed by atoms with Gasteiger partial charge in [0, 0.05) is 5.92 Å². The molecule has 0 aromatic carbocycles. The Balaban J connectivity index is 2.29. The van der Waals surface area contributed by atoms with Crippen molar-refractivity contribution in [3.63, 3.8) is 0 Å². The third kappa shape index (κ3) is 2.95. The predicted octanol–water partition coefficient (Wildman–Crippen LogP) is 3.07.